The Kier molecular flexibility index (Phi) is 3.96. The molecule has 0 saturated carbocycles. The Bertz CT molecular complexity index is 797. The molecule has 2 aromatic rings. The second kappa shape index (κ2) is 6.12. The number of aromatic nitrogens is 2. The Morgan fingerprint density at radius 2 is 1.79 bits per heavy atom. The van der Waals surface area contributed by atoms with E-state index in [2.05, 4.69) is 31.9 Å². The molecule has 24 heavy (non-hydrogen) atoms. The van der Waals surface area contributed by atoms with Crippen molar-refractivity contribution in [2.45, 2.75) is 6.92 Å². The first-order valence-electron chi connectivity index (χ1n) is 8.03. The molecule has 0 unspecified atom stereocenters. The average Bonchev–Trinajstić information content (AvgIpc) is 2.70. The normalized spacial score (nSPS) is 18.6. The van der Waals surface area contributed by atoms with E-state index in [9.17, 15) is 0 Å². The van der Waals surface area contributed by atoms with Crippen molar-refractivity contribution in [2.75, 3.05) is 38.2 Å². The number of anilines is 2. The van der Waals surface area contributed by atoms with Crippen LogP contribution in [0.15, 0.2) is 35.6 Å². The van der Waals surface area contributed by atoms with Gasteiger partial charge >= 0.3 is 0 Å². The summed E-state index contributed by atoms with van der Waals surface area (Å²) >= 11 is 6.20. The van der Waals surface area contributed by atoms with Crippen LogP contribution in [-0.2, 0) is 0 Å². The van der Waals surface area contributed by atoms with Crippen LogP contribution in [0, 0.1) is 0 Å². The highest BCUT2D eigenvalue weighted by Crippen LogP contribution is 2.40. The molecule has 124 valence electrons. The maximum atomic E-state index is 6.20. The van der Waals surface area contributed by atoms with Gasteiger partial charge in [0.05, 0.1) is 17.1 Å². The number of rotatable bonds is 1. The quantitative estimate of drug-likeness (QED) is 0.797. The summed E-state index contributed by atoms with van der Waals surface area (Å²) in [4.78, 5) is 16.2. The average molecular weight is 343 g/mol. The van der Waals surface area contributed by atoms with E-state index in [0.29, 0.717) is 5.02 Å². The molecular formula is C17H19ClN6. The van der Waals surface area contributed by atoms with Crippen molar-refractivity contribution in [1.29, 1.82) is 0 Å². The predicted octanol–water partition coefficient (Wildman–Crippen LogP) is 2.88. The van der Waals surface area contributed by atoms with E-state index in [-0.39, 0.29) is 0 Å². The van der Waals surface area contributed by atoms with Gasteiger partial charge in [0.15, 0.2) is 5.82 Å². The van der Waals surface area contributed by atoms with Gasteiger partial charge in [0.2, 0.25) is 0 Å². The van der Waals surface area contributed by atoms with E-state index in [1.807, 2.05) is 25.1 Å². The Balaban J connectivity index is 1.88. The lowest BCUT2D eigenvalue weighted by Crippen LogP contribution is -2.51. The maximum Gasteiger partial charge on any atom is 0.175 e. The smallest absolute Gasteiger partial charge is 0.175 e. The largest absolute Gasteiger partial charge is 0.304 e. The van der Waals surface area contributed by atoms with Crippen LogP contribution in [-0.4, -0.2) is 58.8 Å². The molecule has 0 aliphatic carbocycles. The molecule has 0 bridgehead atoms. The van der Waals surface area contributed by atoms with Gasteiger partial charge in [0.1, 0.15) is 5.69 Å². The summed E-state index contributed by atoms with van der Waals surface area (Å²) in [7, 11) is 2.15. The van der Waals surface area contributed by atoms with E-state index >= 15 is 0 Å². The van der Waals surface area contributed by atoms with Gasteiger partial charge in [0, 0.05) is 43.6 Å². The van der Waals surface area contributed by atoms with Crippen molar-refractivity contribution in [2.24, 2.45) is 4.99 Å². The molecule has 0 amide bonds. The summed E-state index contributed by atoms with van der Waals surface area (Å²) < 4.78 is 0. The fourth-order valence-electron chi connectivity index (χ4n) is 3.14. The Morgan fingerprint density at radius 3 is 2.58 bits per heavy atom. The van der Waals surface area contributed by atoms with E-state index in [1.54, 1.807) is 12.4 Å². The van der Waals surface area contributed by atoms with Crippen LogP contribution in [0.4, 0.5) is 17.2 Å². The zero-order valence-corrected chi connectivity index (χ0v) is 14.5. The third-order valence-corrected chi connectivity index (χ3v) is 4.67. The highest BCUT2D eigenvalue weighted by molar-refractivity contribution is 6.31. The molecular weight excluding hydrogens is 324 g/mol. The number of likely N-dealkylation sites (N-methyl/N-ethyl adjacent to an activating group) is 1. The molecule has 0 atom stereocenters. The van der Waals surface area contributed by atoms with Crippen LogP contribution in [0.1, 0.15) is 12.6 Å². The van der Waals surface area contributed by atoms with Crippen LogP contribution in [0.5, 0.6) is 0 Å². The second-order valence-corrected chi connectivity index (χ2v) is 6.56. The van der Waals surface area contributed by atoms with E-state index in [1.165, 1.54) is 0 Å². The Morgan fingerprint density at radius 1 is 1.04 bits per heavy atom. The monoisotopic (exact) mass is 342 g/mol. The van der Waals surface area contributed by atoms with E-state index in [4.69, 9.17) is 16.6 Å². The lowest BCUT2D eigenvalue weighted by Gasteiger charge is -2.40. The number of hydrogen-bond acceptors (Lipinski definition) is 6. The lowest BCUT2D eigenvalue weighted by atomic mass is 10.2. The maximum absolute atomic E-state index is 6.20. The molecule has 4 rings (SSSR count). The third kappa shape index (κ3) is 2.66. The molecule has 1 saturated heterocycles. The van der Waals surface area contributed by atoms with Gasteiger partial charge in [-0.15, -0.1) is 0 Å². The molecule has 6 nitrogen and oxygen atoms in total. The van der Waals surface area contributed by atoms with Crippen molar-refractivity contribution < 1.29 is 0 Å². The summed E-state index contributed by atoms with van der Waals surface area (Å²) in [5, 5.41) is 5.14. The fourth-order valence-corrected chi connectivity index (χ4v) is 3.30. The number of halogens is 1. The van der Waals surface area contributed by atoms with Gasteiger partial charge in [-0.05, 0) is 32.2 Å². The third-order valence-electron chi connectivity index (χ3n) is 4.44. The first kappa shape index (κ1) is 15.5. The van der Waals surface area contributed by atoms with E-state index in [0.717, 1.165) is 54.8 Å². The Labute approximate surface area is 146 Å². The van der Waals surface area contributed by atoms with Gasteiger partial charge in [0.25, 0.3) is 0 Å². The van der Waals surface area contributed by atoms with Gasteiger partial charge in [-0.25, -0.2) is 20.0 Å². The molecule has 7 heteroatoms. The summed E-state index contributed by atoms with van der Waals surface area (Å²) in [6.07, 6.45) is 3.44. The number of piperazine rings is 1. The summed E-state index contributed by atoms with van der Waals surface area (Å²) in [6, 6.07) is 5.81. The standard InChI is InChI=1S/C17H19ClN6/c1-12-16-17(20-6-5-19-16)24(23-9-7-22(2)8-10-23)15-4-3-13(18)11-14(15)21-12/h3-6,11H,7-10H2,1-2H3. The number of hydrogen-bond donors (Lipinski definition) is 0. The van der Waals surface area contributed by atoms with Crippen molar-refractivity contribution in [3.63, 3.8) is 0 Å². The van der Waals surface area contributed by atoms with Crippen LogP contribution in [0.25, 0.3) is 0 Å². The lowest BCUT2D eigenvalue weighted by molar-refractivity contribution is 0.154. The molecule has 1 aromatic heterocycles. The number of fused-ring (bicyclic) bond motifs is 2. The van der Waals surface area contributed by atoms with Gasteiger partial charge in [-0.3, -0.25) is 5.01 Å². The first-order valence-corrected chi connectivity index (χ1v) is 8.41. The molecule has 0 N–H and O–H groups in total. The second-order valence-electron chi connectivity index (χ2n) is 6.13. The molecule has 1 aromatic carbocycles. The zero-order valence-electron chi connectivity index (χ0n) is 13.8. The number of hydrazine groups is 1. The SMILES string of the molecule is CC1=Nc2cc(Cl)ccc2N(N2CCN(C)CC2)c2nccnc21. The summed E-state index contributed by atoms with van der Waals surface area (Å²) in [5.74, 6) is 0.823. The fraction of sp³-hybridized carbons (Fsp3) is 0.353. The minimum absolute atomic E-state index is 0.676. The zero-order chi connectivity index (χ0) is 16.7. The molecule has 1 fully saturated rings. The predicted molar refractivity (Wildman–Crippen MR) is 96.6 cm³/mol. The van der Waals surface area contributed by atoms with Crippen molar-refractivity contribution >= 4 is 34.5 Å². The minimum Gasteiger partial charge on any atom is -0.304 e. The molecule has 2 aliphatic heterocycles. The Hall–Kier alpha value is -2.02. The van der Waals surface area contributed by atoms with Crippen molar-refractivity contribution in [3.05, 3.63) is 41.3 Å². The summed E-state index contributed by atoms with van der Waals surface area (Å²) in [5.41, 5.74) is 3.49. The molecule has 2 aliphatic rings. The van der Waals surface area contributed by atoms with Gasteiger partial charge in [-0.1, -0.05) is 11.6 Å². The number of aliphatic imine (C=N–C) groups is 1. The molecule has 0 radical (unpaired) electrons. The minimum atomic E-state index is 0.676. The molecule has 0 spiro atoms. The van der Waals surface area contributed by atoms with Crippen molar-refractivity contribution in [1.82, 2.24) is 19.9 Å². The van der Waals surface area contributed by atoms with Crippen LogP contribution >= 0.6 is 11.6 Å². The van der Waals surface area contributed by atoms with Crippen molar-refractivity contribution in [3.8, 4) is 0 Å². The topological polar surface area (TPSA) is 47.9 Å². The number of benzene rings is 1. The molecule has 3 heterocycles. The van der Waals surface area contributed by atoms with E-state index < -0.39 is 0 Å². The highest BCUT2D eigenvalue weighted by atomic mass is 35.5. The van der Waals surface area contributed by atoms with Crippen LogP contribution in [0.3, 0.4) is 0 Å². The van der Waals surface area contributed by atoms with Crippen LogP contribution in [0.2, 0.25) is 5.02 Å². The van der Waals surface area contributed by atoms with Gasteiger partial charge < -0.3 is 4.90 Å². The summed E-state index contributed by atoms with van der Waals surface area (Å²) in [6.45, 7) is 5.83. The van der Waals surface area contributed by atoms with Crippen LogP contribution < -0.4 is 5.01 Å². The van der Waals surface area contributed by atoms with Gasteiger partial charge in [-0.2, -0.15) is 0 Å². The first-order chi connectivity index (χ1) is 11.6. The highest BCUT2D eigenvalue weighted by Gasteiger charge is 2.30. The number of nitrogens with zero attached hydrogens (tertiary/aromatic N) is 6.